The Hall–Kier alpha value is -2.30. The van der Waals surface area contributed by atoms with Crippen LogP contribution < -0.4 is 5.73 Å². The Morgan fingerprint density at radius 1 is 1.15 bits per heavy atom. The van der Waals surface area contributed by atoms with Gasteiger partial charge in [0.25, 0.3) is 5.91 Å². The topological polar surface area (TPSA) is 59.5 Å². The van der Waals surface area contributed by atoms with Gasteiger partial charge in [0.15, 0.2) is 5.76 Å². The summed E-state index contributed by atoms with van der Waals surface area (Å²) >= 11 is 0. The van der Waals surface area contributed by atoms with Gasteiger partial charge in [0.1, 0.15) is 5.58 Å². The number of amides is 1. The van der Waals surface area contributed by atoms with E-state index in [0.29, 0.717) is 25.4 Å². The molecule has 4 rings (SSSR count). The number of hydrogen-bond donors (Lipinski definition) is 1. The molecule has 4 nitrogen and oxygen atoms in total. The molecule has 2 heterocycles. The molecule has 0 unspecified atom stereocenters. The molecule has 0 bridgehead atoms. The third kappa shape index (κ3) is 3.35. The second-order valence-corrected chi connectivity index (χ2v) is 6.88. The van der Waals surface area contributed by atoms with Crippen LogP contribution in [0, 0.1) is 12.8 Å². The first-order valence-electron chi connectivity index (χ1n) is 8.70. The molecular formula is C21H23ClN2O2. The molecule has 1 amide bonds. The molecule has 0 aliphatic carbocycles. The highest BCUT2D eigenvalue weighted by molar-refractivity contribution is 5.96. The fourth-order valence-electron chi connectivity index (χ4n) is 3.78. The summed E-state index contributed by atoms with van der Waals surface area (Å²) in [6.07, 6.45) is 0. The molecule has 136 valence electrons. The van der Waals surface area contributed by atoms with Gasteiger partial charge in [0.2, 0.25) is 0 Å². The summed E-state index contributed by atoms with van der Waals surface area (Å²) in [6.45, 7) is 3.96. The highest BCUT2D eigenvalue weighted by atomic mass is 35.5. The number of aryl methyl sites for hydroxylation is 1. The van der Waals surface area contributed by atoms with Crippen molar-refractivity contribution in [3.63, 3.8) is 0 Å². The van der Waals surface area contributed by atoms with Crippen LogP contribution in [0.1, 0.15) is 27.6 Å². The zero-order chi connectivity index (χ0) is 17.4. The maximum absolute atomic E-state index is 12.9. The van der Waals surface area contributed by atoms with E-state index in [0.717, 1.165) is 16.5 Å². The molecule has 1 aliphatic rings. The van der Waals surface area contributed by atoms with E-state index in [4.69, 9.17) is 10.2 Å². The van der Waals surface area contributed by atoms with Gasteiger partial charge < -0.3 is 15.1 Å². The van der Waals surface area contributed by atoms with Gasteiger partial charge in [0.05, 0.1) is 0 Å². The number of carbonyl (C=O) groups is 1. The van der Waals surface area contributed by atoms with E-state index in [1.54, 1.807) is 0 Å². The van der Waals surface area contributed by atoms with Crippen molar-refractivity contribution in [3.8, 4) is 0 Å². The predicted molar refractivity (Wildman–Crippen MR) is 106 cm³/mol. The summed E-state index contributed by atoms with van der Waals surface area (Å²) in [5.41, 5.74) is 9.13. The van der Waals surface area contributed by atoms with Crippen molar-refractivity contribution in [1.29, 1.82) is 0 Å². The number of halogens is 1. The van der Waals surface area contributed by atoms with Crippen LogP contribution >= 0.6 is 12.4 Å². The van der Waals surface area contributed by atoms with Crippen molar-refractivity contribution in [2.75, 3.05) is 19.6 Å². The number of furan rings is 1. The Kier molecular flexibility index (Phi) is 5.35. The van der Waals surface area contributed by atoms with Crippen LogP contribution in [0.4, 0.5) is 0 Å². The fourth-order valence-corrected chi connectivity index (χ4v) is 3.78. The highest BCUT2D eigenvalue weighted by Gasteiger charge is 2.36. The highest BCUT2D eigenvalue weighted by Crippen LogP contribution is 2.33. The Bertz CT molecular complexity index is 907. The van der Waals surface area contributed by atoms with Crippen molar-refractivity contribution in [2.45, 2.75) is 12.8 Å². The zero-order valence-corrected chi connectivity index (χ0v) is 15.5. The molecule has 3 aromatic rings. The number of likely N-dealkylation sites (tertiary alicyclic amines) is 1. The molecule has 26 heavy (non-hydrogen) atoms. The van der Waals surface area contributed by atoms with Gasteiger partial charge in [-0.2, -0.15) is 0 Å². The number of nitrogens with two attached hydrogens (primary N) is 1. The molecule has 0 saturated carbocycles. The van der Waals surface area contributed by atoms with Crippen molar-refractivity contribution in [1.82, 2.24) is 4.90 Å². The van der Waals surface area contributed by atoms with E-state index >= 15 is 0 Å². The standard InChI is InChI=1S/C21H22N2O2.ClH/c1-14-7-8-19-16(9-14)10-20(25-19)21(24)23-12-17(11-22)18(13-23)15-5-3-2-4-6-15;/h2-10,17-18H,11-13,22H2,1H3;1H/t17-,18+;/m1./s1. The van der Waals surface area contributed by atoms with Crippen molar-refractivity contribution >= 4 is 29.3 Å². The SMILES string of the molecule is Cc1ccc2oc(C(=O)N3C[C@@H](CN)[C@H](c4ccccc4)C3)cc2c1.Cl. The van der Waals surface area contributed by atoms with Gasteiger partial charge in [-0.15, -0.1) is 12.4 Å². The maximum atomic E-state index is 12.9. The third-order valence-electron chi connectivity index (χ3n) is 5.14. The lowest BCUT2D eigenvalue weighted by Gasteiger charge is -2.16. The molecule has 1 saturated heterocycles. The van der Waals surface area contributed by atoms with E-state index in [9.17, 15) is 4.79 Å². The summed E-state index contributed by atoms with van der Waals surface area (Å²) in [6, 6.07) is 18.1. The Morgan fingerprint density at radius 3 is 2.65 bits per heavy atom. The maximum Gasteiger partial charge on any atom is 0.289 e. The molecule has 5 heteroatoms. The Balaban J connectivity index is 0.00000196. The molecule has 1 fully saturated rings. The van der Waals surface area contributed by atoms with Gasteiger partial charge in [-0.05, 0) is 43.1 Å². The average Bonchev–Trinajstić information content (AvgIpc) is 3.25. The number of carbonyl (C=O) groups excluding carboxylic acids is 1. The van der Waals surface area contributed by atoms with Crippen LogP contribution in [-0.2, 0) is 0 Å². The fraction of sp³-hybridized carbons (Fsp3) is 0.286. The van der Waals surface area contributed by atoms with Gasteiger partial charge in [-0.1, -0.05) is 42.0 Å². The van der Waals surface area contributed by atoms with Crippen LogP contribution in [0.15, 0.2) is 59.0 Å². The largest absolute Gasteiger partial charge is 0.451 e. The Morgan fingerprint density at radius 2 is 1.92 bits per heavy atom. The van der Waals surface area contributed by atoms with E-state index in [-0.39, 0.29) is 30.2 Å². The first-order valence-corrected chi connectivity index (χ1v) is 8.70. The van der Waals surface area contributed by atoms with Gasteiger partial charge >= 0.3 is 0 Å². The van der Waals surface area contributed by atoms with E-state index in [2.05, 4.69) is 12.1 Å². The molecule has 1 aromatic heterocycles. The van der Waals surface area contributed by atoms with E-state index < -0.39 is 0 Å². The number of hydrogen-bond acceptors (Lipinski definition) is 3. The van der Waals surface area contributed by atoms with E-state index in [1.807, 2.05) is 54.3 Å². The van der Waals surface area contributed by atoms with Gasteiger partial charge in [0, 0.05) is 24.4 Å². The molecule has 0 spiro atoms. The van der Waals surface area contributed by atoms with Gasteiger partial charge in [-0.3, -0.25) is 4.79 Å². The normalized spacial score (nSPS) is 19.5. The molecule has 2 N–H and O–H groups in total. The molecule has 0 radical (unpaired) electrons. The lowest BCUT2D eigenvalue weighted by atomic mass is 9.89. The van der Waals surface area contributed by atoms with Gasteiger partial charge in [-0.25, -0.2) is 0 Å². The zero-order valence-electron chi connectivity index (χ0n) is 14.7. The first-order chi connectivity index (χ1) is 12.2. The minimum absolute atomic E-state index is 0. The number of benzene rings is 2. The van der Waals surface area contributed by atoms with Crippen molar-refractivity contribution in [2.24, 2.45) is 11.7 Å². The molecule has 2 aromatic carbocycles. The van der Waals surface area contributed by atoms with Crippen molar-refractivity contribution in [3.05, 3.63) is 71.5 Å². The number of fused-ring (bicyclic) bond motifs is 1. The summed E-state index contributed by atoms with van der Waals surface area (Å²) in [5, 5.41) is 0.970. The lowest BCUT2D eigenvalue weighted by Crippen LogP contribution is -2.29. The monoisotopic (exact) mass is 370 g/mol. The van der Waals surface area contributed by atoms with Crippen LogP contribution in [0.5, 0.6) is 0 Å². The van der Waals surface area contributed by atoms with E-state index in [1.165, 1.54) is 5.56 Å². The smallest absolute Gasteiger partial charge is 0.289 e. The third-order valence-corrected chi connectivity index (χ3v) is 5.14. The number of nitrogens with zero attached hydrogens (tertiary/aromatic N) is 1. The lowest BCUT2D eigenvalue weighted by molar-refractivity contribution is 0.0757. The second kappa shape index (κ2) is 7.52. The second-order valence-electron chi connectivity index (χ2n) is 6.88. The summed E-state index contributed by atoms with van der Waals surface area (Å²) in [5.74, 6) is 0.913. The van der Waals surface area contributed by atoms with Crippen molar-refractivity contribution < 1.29 is 9.21 Å². The number of rotatable bonds is 3. The minimum Gasteiger partial charge on any atom is -0.451 e. The molecular weight excluding hydrogens is 348 g/mol. The first kappa shape index (κ1) is 18.5. The van der Waals surface area contributed by atoms with Crippen LogP contribution in [0.3, 0.4) is 0 Å². The molecule has 1 aliphatic heterocycles. The summed E-state index contributed by atoms with van der Waals surface area (Å²) in [7, 11) is 0. The summed E-state index contributed by atoms with van der Waals surface area (Å²) in [4.78, 5) is 14.8. The minimum atomic E-state index is -0.0502. The summed E-state index contributed by atoms with van der Waals surface area (Å²) < 4.78 is 5.78. The molecule has 2 atom stereocenters. The average molecular weight is 371 g/mol. The van der Waals surface area contributed by atoms with Crippen LogP contribution in [0.25, 0.3) is 11.0 Å². The Labute approximate surface area is 159 Å². The van der Waals surface area contributed by atoms with Crippen LogP contribution in [0.2, 0.25) is 0 Å². The quantitative estimate of drug-likeness (QED) is 0.758. The van der Waals surface area contributed by atoms with Crippen LogP contribution in [-0.4, -0.2) is 30.4 Å². The predicted octanol–water partition coefficient (Wildman–Crippen LogP) is 3.98.